The van der Waals surface area contributed by atoms with Gasteiger partial charge in [-0.1, -0.05) is 11.6 Å². The Hall–Kier alpha value is -2.60. The predicted molar refractivity (Wildman–Crippen MR) is 91.5 cm³/mol. The first kappa shape index (κ1) is 15.3. The lowest BCUT2D eigenvalue weighted by atomic mass is 10.0. The fourth-order valence-corrected chi connectivity index (χ4v) is 2.55. The highest BCUT2D eigenvalue weighted by Gasteiger charge is 2.13. The van der Waals surface area contributed by atoms with Gasteiger partial charge in [0.1, 0.15) is 17.3 Å². The van der Waals surface area contributed by atoms with Gasteiger partial charge in [-0.15, -0.1) is 0 Å². The second-order valence-corrected chi connectivity index (χ2v) is 5.77. The lowest BCUT2D eigenvalue weighted by Gasteiger charge is -2.12. The first-order valence-electron chi connectivity index (χ1n) is 6.83. The Morgan fingerprint density at radius 1 is 1.22 bits per heavy atom. The zero-order chi connectivity index (χ0) is 16.7. The Morgan fingerprint density at radius 2 is 1.96 bits per heavy atom. The molecule has 7 heteroatoms. The van der Waals surface area contributed by atoms with E-state index >= 15 is 0 Å². The molecule has 0 unspecified atom stereocenters. The summed E-state index contributed by atoms with van der Waals surface area (Å²) in [4.78, 5) is 21.3. The molecule has 3 aromatic rings. The SMILES string of the molecule is CN(C)c1ccc2cc(-c3cc(N)c(F)cc3Cl)c(=O)[nH]c2n1. The van der Waals surface area contributed by atoms with Crippen molar-refractivity contribution in [3.63, 3.8) is 0 Å². The largest absolute Gasteiger partial charge is 0.396 e. The van der Waals surface area contributed by atoms with Crippen molar-refractivity contribution in [2.45, 2.75) is 0 Å². The molecule has 0 spiro atoms. The van der Waals surface area contributed by atoms with Crippen molar-refractivity contribution in [3.8, 4) is 11.1 Å². The molecule has 0 atom stereocenters. The van der Waals surface area contributed by atoms with Crippen LogP contribution in [0.1, 0.15) is 0 Å². The monoisotopic (exact) mass is 332 g/mol. The molecule has 5 nitrogen and oxygen atoms in total. The zero-order valence-electron chi connectivity index (χ0n) is 12.5. The van der Waals surface area contributed by atoms with E-state index in [2.05, 4.69) is 9.97 Å². The smallest absolute Gasteiger partial charge is 0.257 e. The molecular weight excluding hydrogens is 319 g/mol. The molecule has 0 radical (unpaired) electrons. The minimum atomic E-state index is -0.617. The molecule has 118 valence electrons. The molecule has 0 saturated heterocycles. The molecule has 0 aliphatic heterocycles. The fraction of sp³-hybridized carbons (Fsp3) is 0.125. The molecule has 2 aromatic heterocycles. The number of nitrogen functional groups attached to an aromatic ring is 1. The molecular formula is C16H14ClFN4O. The summed E-state index contributed by atoms with van der Waals surface area (Å²) in [5.41, 5.74) is 6.31. The summed E-state index contributed by atoms with van der Waals surface area (Å²) in [7, 11) is 3.73. The van der Waals surface area contributed by atoms with Crippen molar-refractivity contribution in [3.05, 3.63) is 51.5 Å². The zero-order valence-corrected chi connectivity index (χ0v) is 13.3. The van der Waals surface area contributed by atoms with E-state index in [1.165, 1.54) is 6.07 Å². The van der Waals surface area contributed by atoms with Gasteiger partial charge in [-0.05, 0) is 30.3 Å². The highest BCUT2D eigenvalue weighted by atomic mass is 35.5. The minimum absolute atomic E-state index is 0.0648. The highest BCUT2D eigenvalue weighted by molar-refractivity contribution is 6.33. The van der Waals surface area contributed by atoms with Gasteiger partial charge >= 0.3 is 0 Å². The number of hydrogen-bond acceptors (Lipinski definition) is 4. The number of anilines is 2. The molecule has 2 heterocycles. The number of halogens is 2. The molecule has 0 aliphatic carbocycles. The van der Waals surface area contributed by atoms with Gasteiger partial charge in [-0.25, -0.2) is 9.37 Å². The Bertz CT molecular complexity index is 968. The Morgan fingerprint density at radius 3 is 2.65 bits per heavy atom. The van der Waals surface area contributed by atoms with Gasteiger partial charge in [0.2, 0.25) is 0 Å². The first-order valence-corrected chi connectivity index (χ1v) is 7.21. The number of fused-ring (bicyclic) bond motifs is 1. The minimum Gasteiger partial charge on any atom is -0.396 e. The number of nitrogens with two attached hydrogens (primary N) is 1. The Balaban J connectivity index is 2.24. The van der Waals surface area contributed by atoms with Crippen molar-refractivity contribution < 1.29 is 4.39 Å². The standard InChI is InChI=1S/C16H14ClFN4O/c1-22(2)14-4-3-8-5-10(16(23)21-15(8)20-14)9-6-13(19)12(18)7-11(9)17/h3-7H,19H2,1-2H3,(H,20,21,23). The summed E-state index contributed by atoms with van der Waals surface area (Å²) in [6, 6.07) is 7.81. The van der Waals surface area contributed by atoms with Crippen LogP contribution in [0.5, 0.6) is 0 Å². The van der Waals surface area contributed by atoms with Crippen LogP contribution in [-0.4, -0.2) is 24.1 Å². The van der Waals surface area contributed by atoms with Crippen LogP contribution < -0.4 is 16.2 Å². The summed E-state index contributed by atoms with van der Waals surface area (Å²) >= 11 is 6.06. The Kier molecular flexibility index (Phi) is 3.69. The number of aromatic amines is 1. The molecule has 1 aromatic carbocycles. The van der Waals surface area contributed by atoms with Crippen LogP contribution in [0.4, 0.5) is 15.9 Å². The molecule has 0 fully saturated rings. The second-order valence-electron chi connectivity index (χ2n) is 5.37. The van der Waals surface area contributed by atoms with E-state index in [-0.39, 0.29) is 16.3 Å². The van der Waals surface area contributed by atoms with E-state index in [1.807, 2.05) is 31.1 Å². The molecule has 0 amide bonds. The number of nitrogens with one attached hydrogen (secondary N) is 1. The maximum atomic E-state index is 13.4. The summed E-state index contributed by atoms with van der Waals surface area (Å²) in [5.74, 6) is 0.109. The average Bonchev–Trinajstić information content (AvgIpc) is 2.50. The van der Waals surface area contributed by atoms with E-state index in [0.717, 1.165) is 17.3 Å². The normalized spacial score (nSPS) is 11.0. The van der Waals surface area contributed by atoms with Crippen molar-refractivity contribution in [2.24, 2.45) is 0 Å². The summed E-state index contributed by atoms with van der Waals surface area (Å²) in [5, 5.41) is 0.864. The molecule has 0 bridgehead atoms. The number of aromatic nitrogens is 2. The third kappa shape index (κ3) is 2.73. The van der Waals surface area contributed by atoms with Crippen molar-refractivity contribution in [2.75, 3.05) is 24.7 Å². The predicted octanol–water partition coefficient (Wildman–Crippen LogP) is 3.03. The van der Waals surface area contributed by atoms with Gasteiger partial charge in [-0.3, -0.25) is 4.79 Å². The van der Waals surface area contributed by atoms with Gasteiger partial charge in [0, 0.05) is 30.6 Å². The Labute approximate surface area is 136 Å². The van der Waals surface area contributed by atoms with Crippen LogP contribution in [0.2, 0.25) is 5.02 Å². The van der Waals surface area contributed by atoms with Crippen LogP contribution in [0, 0.1) is 5.82 Å². The van der Waals surface area contributed by atoms with Gasteiger partial charge in [0.15, 0.2) is 0 Å². The van der Waals surface area contributed by atoms with Crippen LogP contribution in [0.15, 0.2) is 35.1 Å². The number of pyridine rings is 2. The number of H-pyrrole nitrogens is 1. The second kappa shape index (κ2) is 5.55. The van der Waals surface area contributed by atoms with Gasteiger partial charge < -0.3 is 15.6 Å². The number of nitrogens with zero attached hydrogens (tertiary/aromatic N) is 2. The first-order chi connectivity index (χ1) is 10.9. The molecule has 0 saturated carbocycles. The number of benzene rings is 1. The maximum Gasteiger partial charge on any atom is 0.257 e. The van der Waals surface area contributed by atoms with Crippen molar-refractivity contribution in [1.29, 1.82) is 0 Å². The van der Waals surface area contributed by atoms with E-state index in [1.54, 1.807) is 6.07 Å². The lowest BCUT2D eigenvalue weighted by molar-refractivity contribution is 0.633. The van der Waals surface area contributed by atoms with Gasteiger partial charge in [0.25, 0.3) is 5.56 Å². The van der Waals surface area contributed by atoms with E-state index in [4.69, 9.17) is 17.3 Å². The van der Waals surface area contributed by atoms with E-state index in [0.29, 0.717) is 16.8 Å². The van der Waals surface area contributed by atoms with E-state index < -0.39 is 5.82 Å². The third-order valence-corrected chi connectivity index (χ3v) is 3.84. The van der Waals surface area contributed by atoms with Gasteiger partial charge in [-0.2, -0.15) is 0 Å². The van der Waals surface area contributed by atoms with Crippen LogP contribution >= 0.6 is 11.6 Å². The third-order valence-electron chi connectivity index (χ3n) is 3.52. The number of rotatable bonds is 2. The molecule has 3 rings (SSSR count). The highest BCUT2D eigenvalue weighted by Crippen LogP contribution is 2.30. The summed E-state index contributed by atoms with van der Waals surface area (Å²) in [6.07, 6.45) is 0. The molecule has 23 heavy (non-hydrogen) atoms. The number of hydrogen-bond donors (Lipinski definition) is 2. The van der Waals surface area contributed by atoms with Crippen molar-refractivity contribution >= 4 is 34.1 Å². The topological polar surface area (TPSA) is 75.0 Å². The lowest BCUT2D eigenvalue weighted by Crippen LogP contribution is -2.13. The maximum absolute atomic E-state index is 13.4. The van der Waals surface area contributed by atoms with Gasteiger partial charge in [0.05, 0.1) is 10.7 Å². The van der Waals surface area contributed by atoms with E-state index in [9.17, 15) is 9.18 Å². The van der Waals surface area contributed by atoms with Crippen molar-refractivity contribution in [1.82, 2.24) is 9.97 Å². The summed E-state index contributed by atoms with van der Waals surface area (Å²) < 4.78 is 13.4. The van der Waals surface area contributed by atoms with Crippen LogP contribution in [-0.2, 0) is 0 Å². The van der Waals surface area contributed by atoms with Crippen LogP contribution in [0.25, 0.3) is 22.2 Å². The van der Waals surface area contributed by atoms with Crippen LogP contribution in [0.3, 0.4) is 0 Å². The molecule has 0 aliphatic rings. The average molecular weight is 333 g/mol. The summed E-state index contributed by atoms with van der Waals surface area (Å²) in [6.45, 7) is 0. The quantitative estimate of drug-likeness (QED) is 0.707. The molecule has 3 N–H and O–H groups in total. The fourth-order valence-electron chi connectivity index (χ4n) is 2.29.